The minimum absolute atomic E-state index is 0.194. The van der Waals surface area contributed by atoms with E-state index in [0.29, 0.717) is 4.88 Å². The molecule has 0 saturated heterocycles. The molecular weight excluding hydrogens is 377 g/mol. The molecule has 0 saturated carbocycles. The van der Waals surface area contributed by atoms with Crippen molar-refractivity contribution in [2.75, 3.05) is 5.32 Å². The van der Waals surface area contributed by atoms with Crippen LogP contribution in [0, 0.1) is 11.6 Å². The number of aromatic nitrogens is 2. The van der Waals surface area contributed by atoms with E-state index in [-0.39, 0.29) is 10.7 Å². The monoisotopic (exact) mass is 387 g/mol. The van der Waals surface area contributed by atoms with Crippen molar-refractivity contribution in [1.82, 2.24) is 9.78 Å². The first-order valence-corrected chi connectivity index (χ1v) is 7.95. The summed E-state index contributed by atoms with van der Waals surface area (Å²) in [5.41, 5.74) is -1.58. The quantitative estimate of drug-likeness (QED) is 0.663. The molecule has 0 unspecified atom stereocenters. The van der Waals surface area contributed by atoms with Gasteiger partial charge in [-0.1, -0.05) is 6.07 Å². The fourth-order valence-electron chi connectivity index (χ4n) is 2.27. The first kappa shape index (κ1) is 18.1. The van der Waals surface area contributed by atoms with Crippen LogP contribution in [0.3, 0.4) is 0 Å². The maximum Gasteiger partial charge on any atom is 0.435 e. The van der Waals surface area contributed by atoms with Gasteiger partial charge in [0.1, 0.15) is 17.2 Å². The molecule has 0 fully saturated rings. The molecule has 0 aliphatic carbocycles. The molecule has 1 aromatic carbocycles. The van der Waals surface area contributed by atoms with E-state index in [1.54, 1.807) is 0 Å². The van der Waals surface area contributed by atoms with Gasteiger partial charge in [0.15, 0.2) is 5.69 Å². The lowest BCUT2D eigenvalue weighted by atomic mass is 10.2. The molecule has 0 spiro atoms. The Morgan fingerprint density at radius 1 is 1.15 bits per heavy atom. The van der Waals surface area contributed by atoms with Crippen LogP contribution in [0.4, 0.5) is 27.0 Å². The number of hydrogen-bond donors (Lipinski definition) is 1. The summed E-state index contributed by atoms with van der Waals surface area (Å²) in [6.45, 7) is 0. The molecule has 0 aliphatic heterocycles. The van der Waals surface area contributed by atoms with Crippen LogP contribution in [-0.4, -0.2) is 15.7 Å². The van der Waals surface area contributed by atoms with E-state index in [1.807, 2.05) is 0 Å². The summed E-state index contributed by atoms with van der Waals surface area (Å²) < 4.78 is 66.5. The van der Waals surface area contributed by atoms with Crippen molar-refractivity contribution in [3.05, 3.63) is 59.3 Å². The molecule has 0 atom stereocenters. The fourth-order valence-corrected chi connectivity index (χ4v) is 3.22. The number of nitrogens with one attached hydrogen (secondary N) is 1. The Balaban J connectivity index is 1.85. The molecule has 1 amide bonds. The number of aryl methyl sites for hydroxylation is 1. The third kappa shape index (κ3) is 3.45. The van der Waals surface area contributed by atoms with Gasteiger partial charge in [-0.2, -0.15) is 18.3 Å². The van der Waals surface area contributed by atoms with Crippen molar-refractivity contribution in [3.8, 4) is 10.6 Å². The number of halogens is 5. The van der Waals surface area contributed by atoms with Crippen molar-refractivity contribution in [2.24, 2.45) is 7.05 Å². The van der Waals surface area contributed by atoms with E-state index < -0.39 is 35.0 Å². The molecule has 0 radical (unpaired) electrons. The maximum absolute atomic E-state index is 13.6. The number of rotatable bonds is 3. The van der Waals surface area contributed by atoms with Crippen molar-refractivity contribution >= 4 is 22.2 Å². The summed E-state index contributed by atoms with van der Waals surface area (Å²) in [4.78, 5) is 12.5. The zero-order valence-electron chi connectivity index (χ0n) is 13.1. The average molecular weight is 387 g/mol. The molecule has 26 heavy (non-hydrogen) atoms. The number of hydrogen-bond acceptors (Lipinski definition) is 3. The summed E-state index contributed by atoms with van der Waals surface area (Å²) in [5.74, 6) is -3.02. The van der Waals surface area contributed by atoms with Crippen molar-refractivity contribution < 1.29 is 26.7 Å². The SMILES string of the molecule is Cn1nc(C(F)(F)F)cc1-c1ccc(NC(=O)c2c(F)cccc2F)s1. The number of nitrogens with zero attached hydrogens (tertiary/aromatic N) is 2. The average Bonchev–Trinajstić information content (AvgIpc) is 3.13. The van der Waals surface area contributed by atoms with Crippen LogP contribution in [0.1, 0.15) is 16.1 Å². The molecule has 2 aromatic heterocycles. The molecule has 10 heteroatoms. The van der Waals surface area contributed by atoms with Gasteiger partial charge in [-0.25, -0.2) is 8.78 Å². The molecule has 1 N–H and O–H groups in total. The van der Waals surface area contributed by atoms with Crippen LogP contribution in [-0.2, 0) is 13.2 Å². The highest BCUT2D eigenvalue weighted by Gasteiger charge is 2.34. The van der Waals surface area contributed by atoms with Gasteiger partial charge < -0.3 is 5.32 Å². The van der Waals surface area contributed by atoms with Gasteiger partial charge in [0.2, 0.25) is 0 Å². The smallest absolute Gasteiger partial charge is 0.313 e. The topological polar surface area (TPSA) is 46.9 Å². The predicted octanol–water partition coefficient (Wildman–Crippen LogP) is 4.70. The zero-order chi connectivity index (χ0) is 19.1. The standard InChI is InChI=1S/C16H10F5N3OS/c1-24-10(7-12(23-24)16(19,20)21)11-5-6-13(26-11)22-15(25)14-8(17)3-2-4-9(14)18/h2-7H,1H3,(H,22,25). The fraction of sp³-hybridized carbons (Fsp3) is 0.125. The summed E-state index contributed by atoms with van der Waals surface area (Å²) in [6, 6.07) is 6.82. The molecule has 3 aromatic rings. The lowest BCUT2D eigenvalue weighted by Crippen LogP contribution is -2.14. The summed E-state index contributed by atoms with van der Waals surface area (Å²) in [6.07, 6.45) is -4.58. The highest BCUT2D eigenvalue weighted by atomic mass is 32.1. The lowest BCUT2D eigenvalue weighted by Gasteiger charge is -2.04. The Bertz CT molecular complexity index is 956. The third-order valence-electron chi connectivity index (χ3n) is 3.46. The second kappa shape index (κ2) is 6.52. The lowest BCUT2D eigenvalue weighted by molar-refractivity contribution is -0.141. The molecule has 3 rings (SSSR count). The zero-order valence-corrected chi connectivity index (χ0v) is 13.9. The molecule has 0 aliphatic rings. The van der Waals surface area contributed by atoms with Crippen molar-refractivity contribution in [3.63, 3.8) is 0 Å². The van der Waals surface area contributed by atoms with Gasteiger partial charge in [0.25, 0.3) is 5.91 Å². The summed E-state index contributed by atoms with van der Waals surface area (Å²) >= 11 is 0.954. The van der Waals surface area contributed by atoms with Crippen LogP contribution < -0.4 is 5.32 Å². The number of carbonyl (C=O) groups excluding carboxylic acids is 1. The van der Waals surface area contributed by atoms with Crippen LogP contribution in [0.2, 0.25) is 0 Å². The van der Waals surface area contributed by atoms with Crippen LogP contribution in [0.5, 0.6) is 0 Å². The van der Waals surface area contributed by atoms with E-state index in [9.17, 15) is 26.7 Å². The van der Waals surface area contributed by atoms with Crippen molar-refractivity contribution in [1.29, 1.82) is 0 Å². The normalized spacial score (nSPS) is 11.6. The van der Waals surface area contributed by atoms with Gasteiger partial charge in [0, 0.05) is 7.05 Å². The van der Waals surface area contributed by atoms with E-state index in [1.165, 1.54) is 19.2 Å². The molecule has 2 heterocycles. The van der Waals surface area contributed by atoms with E-state index in [2.05, 4.69) is 10.4 Å². The van der Waals surface area contributed by atoms with Crippen LogP contribution in [0.25, 0.3) is 10.6 Å². The third-order valence-corrected chi connectivity index (χ3v) is 4.48. The van der Waals surface area contributed by atoms with E-state index >= 15 is 0 Å². The van der Waals surface area contributed by atoms with Gasteiger partial charge in [-0.05, 0) is 30.3 Å². The number of anilines is 1. The summed E-state index contributed by atoms with van der Waals surface area (Å²) in [5, 5.41) is 5.97. The highest BCUT2D eigenvalue weighted by molar-refractivity contribution is 7.19. The van der Waals surface area contributed by atoms with Crippen molar-refractivity contribution in [2.45, 2.75) is 6.18 Å². The molecule has 4 nitrogen and oxygen atoms in total. The number of amides is 1. The van der Waals surface area contributed by atoms with Crippen LogP contribution >= 0.6 is 11.3 Å². The number of benzene rings is 1. The van der Waals surface area contributed by atoms with Gasteiger partial charge in [-0.15, -0.1) is 11.3 Å². The van der Waals surface area contributed by atoms with Gasteiger partial charge in [-0.3, -0.25) is 9.48 Å². The van der Waals surface area contributed by atoms with Gasteiger partial charge in [0.05, 0.1) is 15.6 Å². The number of carbonyl (C=O) groups is 1. The Labute approximate surface area is 147 Å². The first-order valence-electron chi connectivity index (χ1n) is 7.13. The Morgan fingerprint density at radius 2 is 1.81 bits per heavy atom. The second-order valence-electron chi connectivity index (χ2n) is 5.25. The predicted molar refractivity (Wildman–Crippen MR) is 85.8 cm³/mol. The minimum Gasteiger partial charge on any atom is -0.313 e. The number of alkyl halides is 3. The second-order valence-corrected chi connectivity index (χ2v) is 6.33. The Kier molecular flexibility index (Phi) is 4.53. The number of thiophene rings is 1. The van der Waals surface area contributed by atoms with E-state index in [4.69, 9.17) is 0 Å². The molecule has 136 valence electrons. The minimum atomic E-state index is -4.58. The van der Waals surface area contributed by atoms with Gasteiger partial charge >= 0.3 is 6.18 Å². The van der Waals surface area contributed by atoms with Crippen LogP contribution in [0.15, 0.2) is 36.4 Å². The Hall–Kier alpha value is -2.75. The first-order chi connectivity index (χ1) is 12.2. The Morgan fingerprint density at radius 3 is 2.38 bits per heavy atom. The van der Waals surface area contributed by atoms with E-state index in [0.717, 1.165) is 40.3 Å². The molecular formula is C16H10F5N3OS. The largest absolute Gasteiger partial charge is 0.435 e. The highest BCUT2D eigenvalue weighted by Crippen LogP contribution is 2.35. The maximum atomic E-state index is 13.6. The summed E-state index contributed by atoms with van der Waals surface area (Å²) in [7, 11) is 1.36. The molecule has 0 bridgehead atoms.